The molecule has 4 heteroatoms. The molecule has 2 rings (SSSR count). The summed E-state index contributed by atoms with van der Waals surface area (Å²) in [5, 5.41) is 0. The third kappa shape index (κ3) is 4.04. The van der Waals surface area contributed by atoms with Crippen molar-refractivity contribution >= 4 is 5.91 Å². The summed E-state index contributed by atoms with van der Waals surface area (Å²) in [6, 6.07) is 9.86. The van der Waals surface area contributed by atoms with E-state index >= 15 is 0 Å². The molecule has 1 aromatic rings. The van der Waals surface area contributed by atoms with Crippen molar-refractivity contribution in [1.29, 1.82) is 0 Å². The Hall–Kier alpha value is -1.39. The molecular weight excluding hydrogens is 242 g/mol. The number of ether oxygens (including phenoxy) is 2. The first-order chi connectivity index (χ1) is 9.09. The van der Waals surface area contributed by atoms with Crippen LogP contribution in [0, 0.1) is 5.41 Å². The Labute approximate surface area is 114 Å². The Bertz CT molecular complexity index is 415. The summed E-state index contributed by atoms with van der Waals surface area (Å²) >= 11 is 0. The van der Waals surface area contributed by atoms with Crippen molar-refractivity contribution in [3.63, 3.8) is 0 Å². The minimum Gasteiger partial charge on any atom is -0.380 e. The summed E-state index contributed by atoms with van der Waals surface area (Å²) in [5.74, 6) is 0.0176. The van der Waals surface area contributed by atoms with E-state index in [1.165, 1.54) is 0 Å². The fourth-order valence-corrected chi connectivity index (χ4v) is 2.14. The minimum atomic E-state index is 0.0176. The fourth-order valence-electron chi connectivity index (χ4n) is 2.14. The van der Waals surface area contributed by atoms with E-state index in [-0.39, 0.29) is 17.9 Å². The molecule has 1 heterocycles. The first kappa shape index (κ1) is 14.0. The lowest BCUT2D eigenvalue weighted by atomic mass is 9.88. The van der Waals surface area contributed by atoms with E-state index in [1.54, 1.807) is 4.90 Å². The molecule has 4 nitrogen and oxygen atoms in total. The highest BCUT2D eigenvalue weighted by molar-refractivity contribution is 5.77. The molecule has 1 amide bonds. The molecule has 1 fully saturated rings. The lowest BCUT2D eigenvalue weighted by molar-refractivity contribution is -0.146. The summed E-state index contributed by atoms with van der Waals surface area (Å²) in [5.41, 5.74) is 1.20. The van der Waals surface area contributed by atoms with Crippen molar-refractivity contribution in [3.05, 3.63) is 35.9 Å². The predicted octanol–water partition coefficient (Wildman–Crippen LogP) is 1.70. The van der Waals surface area contributed by atoms with Gasteiger partial charge >= 0.3 is 0 Å². The first-order valence-electron chi connectivity index (χ1n) is 6.52. The highest BCUT2D eigenvalue weighted by atomic mass is 16.5. The van der Waals surface area contributed by atoms with Gasteiger partial charge in [-0.05, 0) is 5.56 Å². The lowest BCUT2D eigenvalue weighted by Crippen LogP contribution is -2.49. The Morgan fingerprint density at radius 1 is 1.37 bits per heavy atom. The van der Waals surface area contributed by atoms with Crippen molar-refractivity contribution < 1.29 is 14.3 Å². The van der Waals surface area contributed by atoms with Gasteiger partial charge < -0.3 is 14.4 Å². The second-order valence-corrected chi connectivity index (χ2v) is 5.53. The molecule has 0 bridgehead atoms. The van der Waals surface area contributed by atoms with Crippen LogP contribution in [0.5, 0.6) is 0 Å². The van der Waals surface area contributed by atoms with Crippen LogP contribution in [0.4, 0.5) is 0 Å². The van der Waals surface area contributed by atoms with Crippen LogP contribution in [0.25, 0.3) is 0 Å². The second kappa shape index (κ2) is 6.17. The van der Waals surface area contributed by atoms with E-state index in [9.17, 15) is 4.79 Å². The average Bonchev–Trinajstić information content (AvgIpc) is 2.38. The van der Waals surface area contributed by atoms with Gasteiger partial charge in [0.2, 0.25) is 5.91 Å². The minimum absolute atomic E-state index is 0.0176. The van der Waals surface area contributed by atoms with Crippen molar-refractivity contribution in [2.24, 2.45) is 5.41 Å². The maximum absolute atomic E-state index is 11.9. The number of carbonyl (C=O) groups excluding carboxylic acids is 1. The van der Waals surface area contributed by atoms with Gasteiger partial charge in [0, 0.05) is 19.0 Å². The van der Waals surface area contributed by atoms with Crippen LogP contribution >= 0.6 is 0 Å². The number of rotatable bonds is 6. The molecule has 1 aliphatic rings. The largest absolute Gasteiger partial charge is 0.380 e. The monoisotopic (exact) mass is 263 g/mol. The van der Waals surface area contributed by atoms with Crippen LogP contribution in [-0.4, -0.2) is 44.2 Å². The van der Waals surface area contributed by atoms with Gasteiger partial charge in [-0.3, -0.25) is 4.79 Å². The van der Waals surface area contributed by atoms with Gasteiger partial charge in [-0.15, -0.1) is 0 Å². The van der Waals surface area contributed by atoms with Gasteiger partial charge in [0.1, 0.15) is 6.61 Å². The van der Waals surface area contributed by atoms with Gasteiger partial charge in [0.25, 0.3) is 0 Å². The maximum Gasteiger partial charge on any atom is 0.248 e. The standard InChI is InChI=1S/C15H21NO3/c1-15(11-19-12-15)10-16(2)14(17)9-18-8-13-6-4-3-5-7-13/h3-7H,8-12H2,1-2H3. The van der Waals surface area contributed by atoms with Crippen LogP contribution in [0.15, 0.2) is 30.3 Å². The average molecular weight is 263 g/mol. The van der Waals surface area contributed by atoms with E-state index in [0.717, 1.165) is 25.3 Å². The SMILES string of the molecule is CN(CC1(C)COC1)C(=O)COCc1ccccc1. The van der Waals surface area contributed by atoms with Crippen molar-refractivity contribution in [3.8, 4) is 0 Å². The Balaban J connectivity index is 1.69. The smallest absolute Gasteiger partial charge is 0.248 e. The molecule has 104 valence electrons. The van der Waals surface area contributed by atoms with Gasteiger partial charge in [0.05, 0.1) is 19.8 Å². The zero-order chi connectivity index (χ0) is 13.7. The quantitative estimate of drug-likeness (QED) is 0.784. The number of likely N-dealkylation sites (N-methyl/N-ethyl adjacent to an activating group) is 1. The number of carbonyl (C=O) groups is 1. The number of amides is 1. The molecule has 0 radical (unpaired) electrons. The molecule has 0 atom stereocenters. The molecule has 0 N–H and O–H groups in total. The summed E-state index contributed by atoms with van der Waals surface area (Å²) in [7, 11) is 1.82. The first-order valence-corrected chi connectivity index (χ1v) is 6.52. The highest BCUT2D eigenvalue weighted by Gasteiger charge is 2.35. The van der Waals surface area contributed by atoms with Crippen LogP contribution in [0.3, 0.4) is 0 Å². The van der Waals surface area contributed by atoms with Gasteiger partial charge in [0.15, 0.2) is 0 Å². The number of hydrogen-bond donors (Lipinski definition) is 0. The van der Waals surface area contributed by atoms with Crippen molar-refractivity contribution in [1.82, 2.24) is 4.90 Å². The molecule has 1 aliphatic heterocycles. The van der Waals surface area contributed by atoms with Crippen LogP contribution in [-0.2, 0) is 20.9 Å². The Kier molecular flexibility index (Phi) is 4.56. The van der Waals surface area contributed by atoms with Crippen LogP contribution < -0.4 is 0 Å². The van der Waals surface area contributed by atoms with Crippen molar-refractivity contribution in [2.75, 3.05) is 33.4 Å². The van der Waals surface area contributed by atoms with E-state index < -0.39 is 0 Å². The summed E-state index contributed by atoms with van der Waals surface area (Å²) in [4.78, 5) is 13.6. The zero-order valence-electron chi connectivity index (χ0n) is 11.6. The molecule has 1 aromatic carbocycles. The predicted molar refractivity (Wildman–Crippen MR) is 72.7 cm³/mol. The highest BCUT2D eigenvalue weighted by Crippen LogP contribution is 2.27. The molecule has 0 spiro atoms. The third-order valence-corrected chi connectivity index (χ3v) is 3.28. The summed E-state index contributed by atoms with van der Waals surface area (Å²) < 4.78 is 10.6. The number of nitrogens with zero attached hydrogens (tertiary/aromatic N) is 1. The van der Waals surface area contributed by atoms with Crippen LogP contribution in [0.2, 0.25) is 0 Å². The van der Waals surface area contributed by atoms with E-state index in [2.05, 4.69) is 6.92 Å². The normalized spacial score (nSPS) is 16.7. The van der Waals surface area contributed by atoms with E-state index in [0.29, 0.717) is 6.61 Å². The fraction of sp³-hybridized carbons (Fsp3) is 0.533. The van der Waals surface area contributed by atoms with E-state index in [4.69, 9.17) is 9.47 Å². The van der Waals surface area contributed by atoms with Crippen molar-refractivity contribution in [2.45, 2.75) is 13.5 Å². The molecule has 0 saturated carbocycles. The summed E-state index contributed by atoms with van der Waals surface area (Å²) in [6.07, 6.45) is 0. The van der Waals surface area contributed by atoms with Gasteiger partial charge in [-0.1, -0.05) is 37.3 Å². The summed E-state index contributed by atoms with van der Waals surface area (Å²) in [6.45, 7) is 4.92. The van der Waals surface area contributed by atoms with Gasteiger partial charge in [-0.2, -0.15) is 0 Å². The molecule has 0 unspecified atom stereocenters. The van der Waals surface area contributed by atoms with Crippen LogP contribution in [0.1, 0.15) is 12.5 Å². The molecule has 19 heavy (non-hydrogen) atoms. The second-order valence-electron chi connectivity index (χ2n) is 5.53. The molecule has 0 aliphatic carbocycles. The lowest BCUT2D eigenvalue weighted by Gasteiger charge is -2.40. The maximum atomic E-state index is 11.9. The molecule has 0 aromatic heterocycles. The number of hydrogen-bond acceptors (Lipinski definition) is 3. The Morgan fingerprint density at radius 2 is 2.05 bits per heavy atom. The topological polar surface area (TPSA) is 38.8 Å². The number of benzene rings is 1. The zero-order valence-corrected chi connectivity index (χ0v) is 11.6. The Morgan fingerprint density at radius 3 is 2.63 bits per heavy atom. The third-order valence-electron chi connectivity index (χ3n) is 3.28. The molecule has 1 saturated heterocycles. The molecular formula is C15H21NO3. The van der Waals surface area contributed by atoms with E-state index in [1.807, 2.05) is 37.4 Å². The van der Waals surface area contributed by atoms with Gasteiger partial charge in [-0.25, -0.2) is 0 Å².